The van der Waals surface area contributed by atoms with Gasteiger partial charge in [0, 0.05) is 13.1 Å². The van der Waals surface area contributed by atoms with Gasteiger partial charge in [-0.2, -0.15) is 13.2 Å². The largest absolute Gasteiger partial charge is 0.393 e. The Bertz CT molecular complexity index is 721. The zero-order valence-corrected chi connectivity index (χ0v) is 19.6. The number of nitrogens with zero attached hydrogens (tertiary/aromatic N) is 1. The number of hydrogen-bond donors (Lipinski definition) is 2. The number of aliphatic hydroxyl groups is 2. The molecule has 0 amide bonds. The molecule has 1 saturated heterocycles. The van der Waals surface area contributed by atoms with Gasteiger partial charge in [0.05, 0.1) is 18.1 Å². The molecule has 0 spiro atoms. The fraction of sp³-hybridized carbons (Fsp3) is 0.846. The summed E-state index contributed by atoms with van der Waals surface area (Å²) in [5.74, 6) is 0.335. The van der Waals surface area contributed by atoms with Crippen molar-refractivity contribution in [3.05, 3.63) is 23.3 Å². The first-order valence-electron chi connectivity index (χ1n) is 12.6. The maximum atomic E-state index is 13.1. The third-order valence-electron chi connectivity index (χ3n) is 9.08. The van der Waals surface area contributed by atoms with E-state index in [1.807, 2.05) is 4.90 Å². The standard InChI is InChI=1S/C26H40F3NO2/c1-17(15-30-11-9-20(16-30)26(27,28)29)23-7-8-24-19(4-3-10-25(23,24)2)6-5-18-12-21(31)14-22(32)13-18/h5-6,17,20-24,31-32H,3-4,7-16H2,1-2H3/b19-6+/t17-,20?,21-,22-,23-,24+,25-/m1/s1. The van der Waals surface area contributed by atoms with Crippen molar-refractivity contribution >= 4 is 0 Å². The van der Waals surface area contributed by atoms with Crippen LogP contribution in [0.4, 0.5) is 13.2 Å². The summed E-state index contributed by atoms with van der Waals surface area (Å²) in [6.07, 6.45) is 7.25. The van der Waals surface area contributed by atoms with Crippen molar-refractivity contribution in [3.63, 3.8) is 0 Å². The summed E-state index contributed by atoms with van der Waals surface area (Å²) < 4.78 is 39.2. The topological polar surface area (TPSA) is 43.7 Å². The molecule has 1 unspecified atom stereocenters. The molecule has 3 aliphatic carbocycles. The molecule has 1 heterocycles. The van der Waals surface area contributed by atoms with E-state index in [4.69, 9.17) is 0 Å². The van der Waals surface area contributed by atoms with E-state index in [9.17, 15) is 23.4 Å². The number of aliphatic hydroxyl groups excluding tert-OH is 2. The summed E-state index contributed by atoms with van der Waals surface area (Å²) in [5, 5.41) is 19.9. The van der Waals surface area contributed by atoms with E-state index in [2.05, 4.69) is 26.0 Å². The Morgan fingerprint density at radius 2 is 1.84 bits per heavy atom. The molecular weight excluding hydrogens is 415 g/mol. The molecule has 6 heteroatoms. The fourth-order valence-corrected chi connectivity index (χ4v) is 7.54. The van der Waals surface area contributed by atoms with Gasteiger partial charge in [-0.15, -0.1) is 0 Å². The molecular formula is C26H40F3NO2. The van der Waals surface area contributed by atoms with E-state index in [0.717, 1.165) is 37.8 Å². The van der Waals surface area contributed by atoms with Crippen LogP contribution in [-0.2, 0) is 0 Å². The first-order valence-corrected chi connectivity index (χ1v) is 12.6. The third-order valence-corrected chi connectivity index (χ3v) is 9.08. The summed E-state index contributed by atoms with van der Waals surface area (Å²) in [6, 6.07) is 0. The number of rotatable bonds is 4. The van der Waals surface area contributed by atoms with Gasteiger partial charge in [0.1, 0.15) is 0 Å². The second-order valence-electron chi connectivity index (χ2n) is 11.4. The number of hydrogen-bond acceptors (Lipinski definition) is 3. The van der Waals surface area contributed by atoms with Gasteiger partial charge in [0.15, 0.2) is 0 Å². The minimum atomic E-state index is -4.07. The Morgan fingerprint density at radius 3 is 2.50 bits per heavy atom. The van der Waals surface area contributed by atoms with Crippen LogP contribution in [0.2, 0.25) is 0 Å². The van der Waals surface area contributed by atoms with Gasteiger partial charge < -0.3 is 15.1 Å². The zero-order valence-electron chi connectivity index (χ0n) is 19.6. The van der Waals surface area contributed by atoms with Gasteiger partial charge in [0.2, 0.25) is 0 Å². The maximum absolute atomic E-state index is 13.1. The highest BCUT2D eigenvalue weighted by Crippen LogP contribution is 2.59. The molecule has 1 aliphatic heterocycles. The lowest BCUT2D eigenvalue weighted by Gasteiger charge is -2.45. The Morgan fingerprint density at radius 1 is 1.12 bits per heavy atom. The predicted molar refractivity (Wildman–Crippen MR) is 120 cm³/mol. The average molecular weight is 456 g/mol. The zero-order chi connectivity index (χ0) is 23.1. The normalized spacial score (nSPS) is 41.2. The molecule has 3 nitrogen and oxygen atoms in total. The summed E-state index contributed by atoms with van der Waals surface area (Å²) in [7, 11) is 0. The van der Waals surface area contributed by atoms with Crippen LogP contribution in [0.1, 0.15) is 71.6 Å². The van der Waals surface area contributed by atoms with Crippen molar-refractivity contribution in [3.8, 4) is 0 Å². The van der Waals surface area contributed by atoms with E-state index in [1.54, 1.807) is 0 Å². The van der Waals surface area contributed by atoms with Crippen LogP contribution in [0.3, 0.4) is 0 Å². The Labute approximate surface area is 190 Å². The van der Waals surface area contributed by atoms with E-state index < -0.39 is 24.3 Å². The lowest BCUT2D eigenvalue weighted by atomic mass is 9.61. The number of likely N-dealkylation sites (tertiary alicyclic amines) is 1. The molecule has 0 bridgehead atoms. The van der Waals surface area contributed by atoms with Crippen LogP contribution in [0, 0.1) is 29.1 Å². The number of fused-ring (bicyclic) bond motifs is 1. The van der Waals surface area contributed by atoms with E-state index >= 15 is 0 Å². The molecule has 0 aromatic rings. The molecule has 0 aromatic heterocycles. The second-order valence-corrected chi connectivity index (χ2v) is 11.4. The second kappa shape index (κ2) is 9.42. The van der Waals surface area contributed by atoms with Gasteiger partial charge in [-0.1, -0.05) is 37.1 Å². The third kappa shape index (κ3) is 5.12. The summed E-state index contributed by atoms with van der Waals surface area (Å²) in [5.41, 5.74) is 2.84. The fourth-order valence-electron chi connectivity index (χ4n) is 7.54. The van der Waals surface area contributed by atoms with Gasteiger partial charge in [-0.05, 0) is 87.5 Å². The molecule has 4 aliphatic rings. The first kappa shape index (κ1) is 24.3. The summed E-state index contributed by atoms with van der Waals surface area (Å²) in [6.45, 7) is 6.18. The van der Waals surface area contributed by atoms with Crippen molar-refractivity contribution in [2.45, 2.75) is 90.0 Å². The van der Waals surface area contributed by atoms with Crippen LogP contribution in [-0.4, -0.2) is 53.1 Å². The highest BCUT2D eigenvalue weighted by molar-refractivity contribution is 5.26. The highest BCUT2D eigenvalue weighted by Gasteiger charge is 2.51. The Kier molecular flexibility index (Phi) is 7.15. The lowest BCUT2D eigenvalue weighted by molar-refractivity contribution is -0.170. The molecule has 0 aromatic carbocycles. The van der Waals surface area contributed by atoms with Gasteiger partial charge in [-0.25, -0.2) is 0 Å². The van der Waals surface area contributed by atoms with E-state index in [-0.39, 0.29) is 18.4 Å². The van der Waals surface area contributed by atoms with Crippen LogP contribution < -0.4 is 0 Å². The molecule has 0 radical (unpaired) electrons. The van der Waals surface area contributed by atoms with Crippen LogP contribution in [0.15, 0.2) is 23.3 Å². The maximum Gasteiger partial charge on any atom is 0.393 e. The number of allylic oxidation sites excluding steroid dienone is 3. The lowest BCUT2D eigenvalue weighted by Crippen LogP contribution is -2.39. The van der Waals surface area contributed by atoms with Gasteiger partial charge in [0.25, 0.3) is 0 Å². The average Bonchev–Trinajstić information content (AvgIpc) is 3.29. The minimum Gasteiger partial charge on any atom is -0.393 e. The Balaban J connectivity index is 1.41. The first-order chi connectivity index (χ1) is 15.1. The van der Waals surface area contributed by atoms with Gasteiger partial charge >= 0.3 is 6.18 Å². The van der Waals surface area contributed by atoms with E-state index in [0.29, 0.717) is 43.6 Å². The smallest absolute Gasteiger partial charge is 0.393 e. The summed E-state index contributed by atoms with van der Waals surface area (Å²) in [4.78, 5) is 2.04. The molecule has 7 atom stereocenters. The van der Waals surface area contributed by atoms with Crippen molar-refractivity contribution in [1.29, 1.82) is 0 Å². The van der Waals surface area contributed by atoms with Crippen molar-refractivity contribution in [1.82, 2.24) is 4.90 Å². The number of halogens is 3. The monoisotopic (exact) mass is 455 g/mol. The molecule has 4 rings (SSSR count). The molecule has 32 heavy (non-hydrogen) atoms. The van der Waals surface area contributed by atoms with E-state index in [1.165, 1.54) is 12.0 Å². The van der Waals surface area contributed by atoms with Crippen LogP contribution >= 0.6 is 0 Å². The summed E-state index contributed by atoms with van der Waals surface area (Å²) >= 11 is 0. The minimum absolute atomic E-state index is 0.164. The molecule has 2 N–H and O–H groups in total. The van der Waals surface area contributed by atoms with Crippen LogP contribution in [0.25, 0.3) is 0 Å². The van der Waals surface area contributed by atoms with Crippen molar-refractivity contribution in [2.75, 3.05) is 19.6 Å². The molecule has 182 valence electrons. The van der Waals surface area contributed by atoms with Crippen molar-refractivity contribution in [2.24, 2.45) is 29.1 Å². The van der Waals surface area contributed by atoms with Crippen LogP contribution in [0.5, 0.6) is 0 Å². The molecule has 3 saturated carbocycles. The highest BCUT2D eigenvalue weighted by atomic mass is 19.4. The SMILES string of the molecule is C[C@H](CN1CCC(C(F)(F)F)C1)[C@H]1CC[C@H]2/C(=C/C=C3C[C@@H](O)C[C@H](O)C3)CCC[C@]12C. The van der Waals surface area contributed by atoms with Crippen molar-refractivity contribution < 1.29 is 23.4 Å². The quantitative estimate of drug-likeness (QED) is 0.590. The molecule has 4 fully saturated rings. The predicted octanol–water partition coefficient (Wildman–Crippen LogP) is 5.48. The van der Waals surface area contributed by atoms with Gasteiger partial charge in [-0.3, -0.25) is 0 Å². The number of alkyl halides is 3. The Hall–Kier alpha value is -0.850.